The lowest BCUT2D eigenvalue weighted by molar-refractivity contribution is 1.00. The van der Waals surface area contributed by atoms with Gasteiger partial charge in [-0.1, -0.05) is 6.08 Å². The zero-order valence-corrected chi connectivity index (χ0v) is 7.42. The van der Waals surface area contributed by atoms with E-state index in [1.165, 1.54) is 0 Å². The number of nitriles is 3. The van der Waals surface area contributed by atoms with Crippen molar-refractivity contribution in [3.05, 3.63) is 22.9 Å². The van der Waals surface area contributed by atoms with Crippen LogP contribution in [0.25, 0.3) is 0 Å². The molecule has 0 aromatic carbocycles. The van der Waals surface area contributed by atoms with E-state index in [9.17, 15) is 0 Å². The summed E-state index contributed by atoms with van der Waals surface area (Å²) in [6.07, 6.45) is 1.54. The Morgan fingerprint density at radius 3 is 1.92 bits per heavy atom. The lowest BCUT2D eigenvalue weighted by Crippen LogP contribution is -2.10. The molecule has 0 atom stereocenters. The van der Waals surface area contributed by atoms with Crippen molar-refractivity contribution in [2.75, 3.05) is 7.05 Å². The first kappa shape index (κ1) is 10.8. The first-order chi connectivity index (χ1) is 6.24. The van der Waals surface area contributed by atoms with Crippen LogP contribution in [0.15, 0.2) is 22.9 Å². The molecular formula is C9H8N4. The van der Waals surface area contributed by atoms with Gasteiger partial charge in [-0.25, -0.2) is 0 Å². The summed E-state index contributed by atoms with van der Waals surface area (Å²) in [4.78, 5) is 0. The maximum atomic E-state index is 8.66. The molecule has 0 saturated carbocycles. The molecule has 0 unspecified atom stereocenters. The predicted octanol–water partition coefficient (Wildman–Crippen LogP) is 0.977. The van der Waals surface area contributed by atoms with Crippen molar-refractivity contribution in [1.29, 1.82) is 15.8 Å². The van der Waals surface area contributed by atoms with E-state index in [0.29, 0.717) is 5.57 Å². The molecular weight excluding hydrogens is 164 g/mol. The van der Waals surface area contributed by atoms with Crippen molar-refractivity contribution in [2.24, 2.45) is 0 Å². The molecule has 0 rings (SSSR count). The third-order valence-electron chi connectivity index (χ3n) is 1.40. The minimum atomic E-state index is -0.0860. The highest BCUT2D eigenvalue weighted by Gasteiger charge is 2.08. The van der Waals surface area contributed by atoms with Crippen molar-refractivity contribution in [3.63, 3.8) is 0 Å². The molecule has 13 heavy (non-hydrogen) atoms. The summed E-state index contributed by atoms with van der Waals surface area (Å²) in [5, 5.41) is 28.4. The quantitative estimate of drug-likeness (QED) is 0.497. The molecule has 4 nitrogen and oxygen atoms in total. The topological polar surface area (TPSA) is 83.4 Å². The second kappa shape index (κ2) is 5.41. The molecule has 0 bridgehead atoms. The van der Waals surface area contributed by atoms with Crippen LogP contribution in [-0.4, -0.2) is 7.05 Å². The van der Waals surface area contributed by atoms with Crippen molar-refractivity contribution in [2.45, 2.75) is 6.92 Å². The number of allylic oxidation sites excluding steroid dienone is 3. The second-order valence-corrected chi connectivity index (χ2v) is 2.04. The van der Waals surface area contributed by atoms with Gasteiger partial charge in [-0.05, 0) is 6.92 Å². The van der Waals surface area contributed by atoms with E-state index in [1.807, 2.05) is 6.07 Å². The van der Waals surface area contributed by atoms with Crippen LogP contribution in [0.4, 0.5) is 0 Å². The maximum Gasteiger partial charge on any atom is 0.154 e. The van der Waals surface area contributed by atoms with Gasteiger partial charge >= 0.3 is 0 Å². The number of likely N-dealkylation sites (N-methyl/N-ethyl adjacent to an activating group) is 1. The zero-order valence-electron chi connectivity index (χ0n) is 7.42. The van der Waals surface area contributed by atoms with E-state index in [4.69, 9.17) is 15.8 Å². The van der Waals surface area contributed by atoms with Crippen LogP contribution >= 0.6 is 0 Å². The van der Waals surface area contributed by atoms with E-state index < -0.39 is 0 Å². The first-order valence-electron chi connectivity index (χ1n) is 3.54. The Labute approximate surface area is 77.0 Å². The summed E-state index contributed by atoms with van der Waals surface area (Å²) in [5.41, 5.74) is 0.479. The average molecular weight is 172 g/mol. The largest absolute Gasteiger partial charge is 0.385 e. The summed E-state index contributed by atoms with van der Waals surface area (Å²) in [6, 6.07) is 5.32. The van der Waals surface area contributed by atoms with Crippen molar-refractivity contribution < 1.29 is 0 Å². The number of hydrogen-bond acceptors (Lipinski definition) is 4. The Bertz CT molecular complexity index is 352. The lowest BCUT2D eigenvalue weighted by atomic mass is 10.1. The van der Waals surface area contributed by atoms with Gasteiger partial charge in [0.15, 0.2) is 5.57 Å². The maximum absolute atomic E-state index is 8.66. The Balaban J connectivity index is 5.42. The van der Waals surface area contributed by atoms with E-state index in [0.717, 1.165) is 0 Å². The number of nitrogens with one attached hydrogen (secondary N) is 1. The van der Waals surface area contributed by atoms with Crippen LogP contribution in [-0.2, 0) is 0 Å². The first-order valence-corrected chi connectivity index (χ1v) is 3.54. The van der Waals surface area contributed by atoms with Gasteiger partial charge in [0.05, 0.1) is 11.3 Å². The zero-order chi connectivity index (χ0) is 10.3. The SMILES string of the molecule is CC=C(C#N)C(NC)=C(C#N)C#N. The minimum absolute atomic E-state index is 0.0860. The summed E-state index contributed by atoms with van der Waals surface area (Å²) < 4.78 is 0. The molecule has 0 aliphatic carbocycles. The molecule has 0 fully saturated rings. The summed E-state index contributed by atoms with van der Waals surface area (Å²) >= 11 is 0. The molecule has 0 spiro atoms. The van der Waals surface area contributed by atoms with Gasteiger partial charge in [0.2, 0.25) is 0 Å². The minimum Gasteiger partial charge on any atom is -0.385 e. The Kier molecular flexibility index (Phi) is 4.47. The average Bonchev–Trinajstić information content (AvgIpc) is 2.18. The molecule has 0 aromatic heterocycles. The predicted molar refractivity (Wildman–Crippen MR) is 46.7 cm³/mol. The van der Waals surface area contributed by atoms with Crippen LogP contribution in [0.2, 0.25) is 0 Å². The standard InChI is InChI=1S/C9H8N4/c1-3-7(4-10)9(13-2)8(5-11)6-12/h3,13H,1-2H3. The molecule has 0 aliphatic rings. The van der Waals surface area contributed by atoms with E-state index in [-0.39, 0.29) is 11.3 Å². The summed E-state index contributed by atoms with van der Waals surface area (Å²) in [5.74, 6) is 0. The van der Waals surface area contributed by atoms with Gasteiger partial charge in [0.25, 0.3) is 0 Å². The Morgan fingerprint density at radius 1 is 1.15 bits per heavy atom. The van der Waals surface area contributed by atoms with E-state index in [2.05, 4.69) is 5.32 Å². The third-order valence-corrected chi connectivity index (χ3v) is 1.40. The van der Waals surface area contributed by atoms with Crippen molar-refractivity contribution in [3.8, 4) is 18.2 Å². The van der Waals surface area contributed by atoms with Gasteiger partial charge in [-0.15, -0.1) is 0 Å². The Hall–Kier alpha value is -2.25. The van der Waals surface area contributed by atoms with Gasteiger partial charge in [-0.2, -0.15) is 15.8 Å². The highest BCUT2D eigenvalue weighted by Crippen LogP contribution is 2.09. The van der Waals surface area contributed by atoms with Crippen molar-refractivity contribution in [1.82, 2.24) is 5.32 Å². The fourth-order valence-corrected chi connectivity index (χ4v) is 0.796. The van der Waals surface area contributed by atoms with Gasteiger partial charge in [-0.3, -0.25) is 0 Å². The molecule has 0 aliphatic heterocycles. The summed E-state index contributed by atoms with van der Waals surface area (Å²) in [7, 11) is 1.56. The molecule has 0 saturated heterocycles. The fourth-order valence-electron chi connectivity index (χ4n) is 0.796. The molecule has 0 aromatic rings. The highest BCUT2D eigenvalue weighted by atomic mass is 14.8. The van der Waals surface area contributed by atoms with Crippen LogP contribution in [0, 0.1) is 34.0 Å². The molecule has 0 amide bonds. The normalized spacial score (nSPS) is 9.00. The van der Waals surface area contributed by atoms with Gasteiger partial charge < -0.3 is 5.32 Å². The number of rotatable bonds is 2. The molecule has 0 heterocycles. The van der Waals surface area contributed by atoms with Crippen LogP contribution in [0.1, 0.15) is 6.92 Å². The monoisotopic (exact) mass is 172 g/mol. The highest BCUT2D eigenvalue weighted by molar-refractivity contribution is 5.52. The molecule has 0 radical (unpaired) electrons. The molecule has 1 N–H and O–H groups in total. The van der Waals surface area contributed by atoms with E-state index >= 15 is 0 Å². The number of nitrogens with zero attached hydrogens (tertiary/aromatic N) is 3. The molecule has 4 heteroatoms. The van der Waals surface area contributed by atoms with E-state index in [1.54, 1.807) is 32.2 Å². The number of hydrogen-bond donors (Lipinski definition) is 1. The second-order valence-electron chi connectivity index (χ2n) is 2.04. The van der Waals surface area contributed by atoms with Gasteiger partial charge in [0.1, 0.15) is 18.2 Å². The Morgan fingerprint density at radius 2 is 1.69 bits per heavy atom. The van der Waals surface area contributed by atoms with Crippen molar-refractivity contribution >= 4 is 0 Å². The fraction of sp³-hybridized carbons (Fsp3) is 0.222. The van der Waals surface area contributed by atoms with Crippen LogP contribution in [0.5, 0.6) is 0 Å². The lowest BCUT2D eigenvalue weighted by Gasteiger charge is -2.03. The van der Waals surface area contributed by atoms with Crippen LogP contribution < -0.4 is 5.32 Å². The third kappa shape index (κ3) is 2.36. The summed E-state index contributed by atoms with van der Waals surface area (Å²) in [6.45, 7) is 1.67. The smallest absolute Gasteiger partial charge is 0.154 e. The van der Waals surface area contributed by atoms with Gasteiger partial charge in [0, 0.05) is 7.05 Å². The molecule has 64 valence electrons. The van der Waals surface area contributed by atoms with Crippen LogP contribution in [0.3, 0.4) is 0 Å².